The molecule has 1 aromatic heterocycles. The molecule has 0 radical (unpaired) electrons. The zero-order chi connectivity index (χ0) is 12.1. The van der Waals surface area contributed by atoms with Gasteiger partial charge in [0.25, 0.3) is 0 Å². The Labute approximate surface area is 105 Å². The highest BCUT2D eigenvalue weighted by atomic mass is 35.5. The van der Waals surface area contributed by atoms with Gasteiger partial charge in [0.15, 0.2) is 0 Å². The number of ether oxygens (including phenoxy) is 2. The van der Waals surface area contributed by atoms with Gasteiger partial charge < -0.3 is 9.47 Å². The molecule has 0 bridgehead atoms. The fraction of sp³-hybridized carbons (Fsp3) is 0.154. The number of rotatable bonds is 4. The van der Waals surface area contributed by atoms with E-state index in [1.54, 1.807) is 13.2 Å². The van der Waals surface area contributed by atoms with Gasteiger partial charge in [-0.15, -0.1) is 11.6 Å². The number of pyridine rings is 1. The smallest absolute Gasteiger partial charge is 0.219 e. The average molecular weight is 250 g/mol. The number of methoxy groups -OCH3 is 1. The Balaban J connectivity index is 2.13. The van der Waals surface area contributed by atoms with Gasteiger partial charge >= 0.3 is 0 Å². The summed E-state index contributed by atoms with van der Waals surface area (Å²) in [7, 11) is 1.63. The van der Waals surface area contributed by atoms with Crippen LogP contribution >= 0.6 is 11.6 Å². The Kier molecular flexibility index (Phi) is 3.83. The zero-order valence-electron chi connectivity index (χ0n) is 9.39. The molecule has 0 saturated heterocycles. The molecule has 4 heteroatoms. The van der Waals surface area contributed by atoms with E-state index in [2.05, 4.69) is 4.98 Å². The average Bonchev–Trinajstić information content (AvgIpc) is 2.40. The summed E-state index contributed by atoms with van der Waals surface area (Å²) in [5.74, 6) is 2.41. The van der Waals surface area contributed by atoms with Gasteiger partial charge in [0.2, 0.25) is 5.88 Å². The van der Waals surface area contributed by atoms with E-state index in [1.165, 1.54) is 0 Å². The van der Waals surface area contributed by atoms with Crippen LogP contribution < -0.4 is 9.47 Å². The quantitative estimate of drug-likeness (QED) is 0.776. The fourth-order valence-corrected chi connectivity index (χ4v) is 1.50. The van der Waals surface area contributed by atoms with Crippen LogP contribution in [0, 0.1) is 0 Å². The topological polar surface area (TPSA) is 31.4 Å². The summed E-state index contributed by atoms with van der Waals surface area (Å²) in [6.07, 6.45) is 0. The van der Waals surface area contributed by atoms with E-state index in [9.17, 15) is 0 Å². The van der Waals surface area contributed by atoms with Crippen molar-refractivity contribution < 1.29 is 9.47 Å². The second-order valence-electron chi connectivity index (χ2n) is 3.38. The lowest BCUT2D eigenvalue weighted by Crippen LogP contribution is -1.91. The van der Waals surface area contributed by atoms with Crippen molar-refractivity contribution in [2.75, 3.05) is 7.11 Å². The van der Waals surface area contributed by atoms with Gasteiger partial charge in [-0.25, -0.2) is 4.98 Å². The second kappa shape index (κ2) is 5.55. The molecule has 3 nitrogen and oxygen atoms in total. The van der Waals surface area contributed by atoms with Crippen molar-refractivity contribution in [1.82, 2.24) is 4.98 Å². The van der Waals surface area contributed by atoms with Crippen LogP contribution in [0.15, 0.2) is 42.5 Å². The van der Waals surface area contributed by atoms with Crippen molar-refractivity contribution in [3.8, 4) is 17.4 Å². The molecule has 0 aliphatic rings. The van der Waals surface area contributed by atoms with Crippen LogP contribution in [-0.2, 0) is 5.88 Å². The van der Waals surface area contributed by atoms with Crippen molar-refractivity contribution in [3.63, 3.8) is 0 Å². The standard InChI is InChI=1S/C13H12ClNO2/c1-16-11-5-7-12(8-6-11)17-13-4-2-3-10(9-14)15-13/h2-8H,9H2,1H3. The van der Waals surface area contributed by atoms with Crippen LogP contribution in [0.4, 0.5) is 0 Å². The molecule has 88 valence electrons. The molecule has 0 unspecified atom stereocenters. The van der Waals surface area contributed by atoms with Gasteiger partial charge in [-0.2, -0.15) is 0 Å². The van der Waals surface area contributed by atoms with Gasteiger partial charge in [-0.3, -0.25) is 0 Å². The zero-order valence-corrected chi connectivity index (χ0v) is 10.1. The Morgan fingerprint density at radius 3 is 2.41 bits per heavy atom. The summed E-state index contributed by atoms with van der Waals surface area (Å²) < 4.78 is 10.7. The monoisotopic (exact) mass is 249 g/mol. The fourth-order valence-electron chi connectivity index (χ4n) is 1.35. The number of halogens is 1. The Hall–Kier alpha value is -1.74. The van der Waals surface area contributed by atoms with E-state index >= 15 is 0 Å². The predicted molar refractivity (Wildman–Crippen MR) is 66.9 cm³/mol. The summed E-state index contributed by atoms with van der Waals surface area (Å²) in [6.45, 7) is 0. The first kappa shape index (κ1) is 11.7. The minimum Gasteiger partial charge on any atom is -0.497 e. The molecule has 0 aliphatic carbocycles. The number of nitrogens with zero attached hydrogens (tertiary/aromatic N) is 1. The number of alkyl halides is 1. The SMILES string of the molecule is COc1ccc(Oc2cccc(CCl)n2)cc1. The van der Waals surface area contributed by atoms with Crippen LogP contribution in [0.25, 0.3) is 0 Å². The summed E-state index contributed by atoms with van der Waals surface area (Å²) in [4.78, 5) is 4.24. The molecule has 17 heavy (non-hydrogen) atoms. The maximum absolute atomic E-state index is 5.71. The number of hydrogen-bond donors (Lipinski definition) is 0. The van der Waals surface area contributed by atoms with Crippen LogP contribution in [0.1, 0.15) is 5.69 Å². The largest absolute Gasteiger partial charge is 0.497 e. The third-order valence-corrected chi connectivity index (χ3v) is 2.47. The molecule has 1 heterocycles. The van der Waals surface area contributed by atoms with Crippen molar-refractivity contribution in [1.29, 1.82) is 0 Å². The number of hydrogen-bond acceptors (Lipinski definition) is 3. The van der Waals surface area contributed by atoms with E-state index in [4.69, 9.17) is 21.1 Å². The highest BCUT2D eigenvalue weighted by Crippen LogP contribution is 2.22. The van der Waals surface area contributed by atoms with Crippen molar-refractivity contribution in [2.45, 2.75) is 5.88 Å². The van der Waals surface area contributed by atoms with Gasteiger partial charge in [0, 0.05) is 6.07 Å². The normalized spacial score (nSPS) is 10.0. The summed E-state index contributed by atoms with van der Waals surface area (Å²) >= 11 is 5.71. The molecule has 1 aromatic carbocycles. The van der Waals surface area contributed by atoms with E-state index in [-0.39, 0.29) is 0 Å². The Morgan fingerprint density at radius 1 is 1.06 bits per heavy atom. The molecule has 0 amide bonds. The van der Waals surface area contributed by atoms with Gasteiger partial charge in [0.1, 0.15) is 11.5 Å². The van der Waals surface area contributed by atoms with E-state index in [1.807, 2.05) is 36.4 Å². The first-order chi connectivity index (χ1) is 8.31. The van der Waals surface area contributed by atoms with Gasteiger partial charge in [-0.05, 0) is 30.3 Å². The molecule has 0 aliphatic heterocycles. The molecule has 2 aromatic rings. The molecular formula is C13H12ClNO2. The van der Waals surface area contributed by atoms with Crippen LogP contribution in [0.3, 0.4) is 0 Å². The molecule has 0 spiro atoms. The first-order valence-corrected chi connectivity index (χ1v) is 5.69. The molecule has 0 atom stereocenters. The van der Waals surface area contributed by atoms with Crippen LogP contribution in [0.5, 0.6) is 17.4 Å². The lowest BCUT2D eigenvalue weighted by Gasteiger charge is -2.06. The summed E-state index contributed by atoms with van der Waals surface area (Å²) in [5, 5.41) is 0. The Morgan fingerprint density at radius 2 is 1.76 bits per heavy atom. The molecule has 0 fully saturated rings. The maximum atomic E-state index is 5.71. The summed E-state index contributed by atoms with van der Waals surface area (Å²) in [5.41, 5.74) is 0.790. The first-order valence-electron chi connectivity index (χ1n) is 5.15. The van der Waals surface area contributed by atoms with E-state index in [0.717, 1.165) is 11.4 Å². The number of benzene rings is 1. The predicted octanol–water partition coefficient (Wildman–Crippen LogP) is 3.62. The third kappa shape index (κ3) is 3.11. The van der Waals surface area contributed by atoms with Gasteiger partial charge in [0.05, 0.1) is 18.7 Å². The lowest BCUT2D eigenvalue weighted by atomic mass is 10.3. The third-order valence-electron chi connectivity index (χ3n) is 2.20. The van der Waals surface area contributed by atoms with E-state index < -0.39 is 0 Å². The summed E-state index contributed by atoms with van der Waals surface area (Å²) in [6, 6.07) is 12.8. The minimum absolute atomic E-state index is 0.375. The number of aromatic nitrogens is 1. The van der Waals surface area contributed by atoms with Crippen LogP contribution in [0.2, 0.25) is 0 Å². The van der Waals surface area contributed by atoms with E-state index in [0.29, 0.717) is 17.5 Å². The highest BCUT2D eigenvalue weighted by molar-refractivity contribution is 6.16. The van der Waals surface area contributed by atoms with Crippen molar-refractivity contribution >= 4 is 11.6 Å². The van der Waals surface area contributed by atoms with Gasteiger partial charge in [-0.1, -0.05) is 6.07 Å². The molecule has 2 rings (SSSR count). The second-order valence-corrected chi connectivity index (χ2v) is 3.65. The Bertz CT molecular complexity index is 485. The molecular weight excluding hydrogens is 238 g/mol. The molecule has 0 N–H and O–H groups in total. The highest BCUT2D eigenvalue weighted by Gasteiger charge is 2.00. The lowest BCUT2D eigenvalue weighted by molar-refractivity contribution is 0.412. The molecule has 0 saturated carbocycles. The van der Waals surface area contributed by atoms with Crippen molar-refractivity contribution in [2.24, 2.45) is 0 Å². The van der Waals surface area contributed by atoms with Crippen molar-refractivity contribution in [3.05, 3.63) is 48.2 Å². The maximum Gasteiger partial charge on any atom is 0.219 e. The van der Waals surface area contributed by atoms with Crippen LogP contribution in [-0.4, -0.2) is 12.1 Å². The minimum atomic E-state index is 0.375.